The molecule has 0 saturated carbocycles. The molecule has 4 nitrogen and oxygen atoms in total. The van der Waals surface area contributed by atoms with E-state index in [1.165, 1.54) is 42.0 Å². The molecule has 2 aliphatic rings. The highest BCUT2D eigenvalue weighted by molar-refractivity contribution is 6.30. The van der Waals surface area contributed by atoms with E-state index in [-0.39, 0.29) is 0 Å². The second-order valence-corrected chi connectivity index (χ2v) is 7.40. The van der Waals surface area contributed by atoms with Crippen molar-refractivity contribution in [2.24, 2.45) is 0 Å². The largest absolute Gasteiger partial charge is 0.369 e. The summed E-state index contributed by atoms with van der Waals surface area (Å²) >= 11 is 6.24. The third-order valence-corrected chi connectivity index (χ3v) is 5.66. The summed E-state index contributed by atoms with van der Waals surface area (Å²) in [6, 6.07) is 6.03. The maximum atomic E-state index is 6.24. The summed E-state index contributed by atoms with van der Waals surface area (Å²) in [6.45, 7) is 8.86. The van der Waals surface area contributed by atoms with E-state index < -0.39 is 0 Å². The lowest BCUT2D eigenvalue weighted by Crippen LogP contribution is -2.34. The van der Waals surface area contributed by atoms with Gasteiger partial charge in [-0.3, -0.25) is 0 Å². The van der Waals surface area contributed by atoms with Gasteiger partial charge in [-0.05, 0) is 57.0 Å². The molecule has 1 fully saturated rings. The summed E-state index contributed by atoms with van der Waals surface area (Å²) in [7, 11) is 0. The van der Waals surface area contributed by atoms with E-state index in [0.29, 0.717) is 5.92 Å². The van der Waals surface area contributed by atoms with Gasteiger partial charge in [-0.1, -0.05) is 24.6 Å². The van der Waals surface area contributed by atoms with Crippen LogP contribution in [0.25, 0.3) is 5.69 Å². The van der Waals surface area contributed by atoms with Crippen molar-refractivity contribution in [1.82, 2.24) is 14.7 Å². The van der Waals surface area contributed by atoms with Crippen molar-refractivity contribution in [2.75, 3.05) is 31.5 Å². The van der Waals surface area contributed by atoms with E-state index in [1.54, 1.807) is 0 Å². The second kappa shape index (κ2) is 6.41. The number of benzene rings is 1. The standard InChI is InChI=1S/C19H25ClN4/c1-3-23-10-4-5-14(12-23)18-16-8-9-21-19(16)24(22-18)17-11-15(20)7-6-13(17)2/h6-7,11,14,21H,3-5,8-10,12H2,1-2H3. The van der Waals surface area contributed by atoms with Crippen molar-refractivity contribution in [3.8, 4) is 5.69 Å². The Kier molecular flexibility index (Phi) is 4.27. The van der Waals surface area contributed by atoms with Crippen LogP contribution in [0.2, 0.25) is 5.02 Å². The average molecular weight is 345 g/mol. The fourth-order valence-electron chi connectivity index (χ4n) is 4.08. The van der Waals surface area contributed by atoms with Gasteiger partial charge in [0.15, 0.2) is 0 Å². The molecule has 1 N–H and O–H groups in total. The molecule has 1 atom stereocenters. The predicted molar refractivity (Wildman–Crippen MR) is 99.6 cm³/mol. The summed E-state index contributed by atoms with van der Waals surface area (Å²) in [5.74, 6) is 1.72. The Morgan fingerprint density at radius 2 is 2.25 bits per heavy atom. The van der Waals surface area contributed by atoms with Crippen LogP contribution in [-0.2, 0) is 6.42 Å². The number of fused-ring (bicyclic) bond motifs is 1. The van der Waals surface area contributed by atoms with Gasteiger partial charge < -0.3 is 10.2 Å². The Hall–Kier alpha value is -1.52. The molecule has 0 bridgehead atoms. The fourth-order valence-corrected chi connectivity index (χ4v) is 4.25. The van der Waals surface area contributed by atoms with Crippen molar-refractivity contribution in [3.05, 3.63) is 40.0 Å². The second-order valence-electron chi connectivity index (χ2n) is 6.96. The van der Waals surface area contributed by atoms with E-state index >= 15 is 0 Å². The first-order chi connectivity index (χ1) is 11.7. The van der Waals surface area contributed by atoms with Gasteiger partial charge in [0.1, 0.15) is 5.82 Å². The van der Waals surface area contributed by atoms with Gasteiger partial charge in [-0.2, -0.15) is 5.10 Å². The topological polar surface area (TPSA) is 33.1 Å². The number of rotatable bonds is 3. The van der Waals surface area contributed by atoms with Crippen molar-refractivity contribution < 1.29 is 0 Å². The molecule has 1 aromatic heterocycles. The number of piperidine rings is 1. The van der Waals surface area contributed by atoms with E-state index in [0.717, 1.165) is 36.8 Å². The van der Waals surface area contributed by atoms with Crippen LogP contribution < -0.4 is 5.32 Å². The highest BCUT2D eigenvalue weighted by Gasteiger charge is 2.30. The number of hydrogen-bond donors (Lipinski definition) is 1. The highest BCUT2D eigenvalue weighted by Crippen LogP contribution is 2.37. The highest BCUT2D eigenvalue weighted by atomic mass is 35.5. The summed E-state index contributed by atoms with van der Waals surface area (Å²) < 4.78 is 2.09. The molecule has 3 heterocycles. The SMILES string of the molecule is CCN1CCCC(c2nn(-c3cc(Cl)ccc3C)c3c2CCN3)C1. The summed E-state index contributed by atoms with van der Waals surface area (Å²) in [5.41, 5.74) is 5.00. The van der Waals surface area contributed by atoms with Crippen molar-refractivity contribution >= 4 is 17.4 Å². The Labute approximate surface area is 148 Å². The van der Waals surface area contributed by atoms with Crippen molar-refractivity contribution in [2.45, 2.75) is 39.0 Å². The van der Waals surface area contributed by atoms with E-state index in [1.807, 2.05) is 12.1 Å². The minimum Gasteiger partial charge on any atom is -0.369 e. The molecular formula is C19H25ClN4. The predicted octanol–water partition coefficient (Wildman–Crippen LogP) is 4.00. The van der Waals surface area contributed by atoms with Crippen molar-refractivity contribution in [3.63, 3.8) is 0 Å². The van der Waals surface area contributed by atoms with Crippen LogP contribution in [0.1, 0.15) is 42.5 Å². The number of aromatic nitrogens is 2. The zero-order valence-electron chi connectivity index (χ0n) is 14.5. The molecule has 0 amide bonds. The smallest absolute Gasteiger partial charge is 0.133 e. The van der Waals surface area contributed by atoms with Crippen LogP contribution in [-0.4, -0.2) is 40.9 Å². The molecule has 2 aliphatic heterocycles. The third kappa shape index (κ3) is 2.72. The van der Waals surface area contributed by atoms with Crippen LogP contribution in [0.4, 0.5) is 5.82 Å². The first-order valence-corrected chi connectivity index (χ1v) is 9.39. The lowest BCUT2D eigenvalue weighted by Gasteiger charge is -2.31. The van der Waals surface area contributed by atoms with Gasteiger partial charge in [0.2, 0.25) is 0 Å². The average Bonchev–Trinajstić information content (AvgIpc) is 3.19. The molecule has 0 radical (unpaired) electrons. The van der Waals surface area contributed by atoms with Crippen molar-refractivity contribution in [1.29, 1.82) is 0 Å². The van der Waals surface area contributed by atoms with Crippen LogP contribution in [0, 0.1) is 6.92 Å². The Bertz CT molecular complexity index is 752. The maximum absolute atomic E-state index is 6.24. The number of hydrogen-bond acceptors (Lipinski definition) is 3. The number of nitrogens with zero attached hydrogens (tertiary/aromatic N) is 3. The molecule has 2 aromatic rings. The van der Waals surface area contributed by atoms with Crippen LogP contribution in [0.3, 0.4) is 0 Å². The summed E-state index contributed by atoms with van der Waals surface area (Å²) in [4.78, 5) is 2.55. The molecule has 0 spiro atoms. The zero-order valence-corrected chi connectivity index (χ0v) is 15.2. The third-order valence-electron chi connectivity index (χ3n) is 5.42. The van der Waals surface area contributed by atoms with Gasteiger partial charge in [0.25, 0.3) is 0 Å². The van der Waals surface area contributed by atoms with Gasteiger partial charge in [0, 0.05) is 29.6 Å². The summed E-state index contributed by atoms with van der Waals surface area (Å²) in [5, 5.41) is 9.37. The fraction of sp³-hybridized carbons (Fsp3) is 0.526. The van der Waals surface area contributed by atoms with Gasteiger partial charge in [-0.25, -0.2) is 4.68 Å². The first-order valence-electron chi connectivity index (χ1n) is 9.02. The van der Waals surface area contributed by atoms with Crippen LogP contribution in [0.15, 0.2) is 18.2 Å². The molecule has 128 valence electrons. The molecule has 0 aliphatic carbocycles. The number of likely N-dealkylation sites (tertiary alicyclic amines) is 1. The lowest BCUT2D eigenvalue weighted by molar-refractivity contribution is 0.215. The molecule has 24 heavy (non-hydrogen) atoms. The van der Waals surface area contributed by atoms with Crippen LogP contribution in [0.5, 0.6) is 0 Å². The van der Waals surface area contributed by atoms with Gasteiger partial charge in [0.05, 0.1) is 11.4 Å². The Morgan fingerprint density at radius 1 is 1.38 bits per heavy atom. The zero-order chi connectivity index (χ0) is 16.7. The normalized spacial score (nSPS) is 20.9. The Morgan fingerprint density at radius 3 is 3.08 bits per heavy atom. The number of halogens is 1. The monoisotopic (exact) mass is 344 g/mol. The number of anilines is 1. The number of aryl methyl sites for hydroxylation is 1. The van der Waals surface area contributed by atoms with E-state index in [9.17, 15) is 0 Å². The van der Waals surface area contributed by atoms with E-state index in [4.69, 9.17) is 16.7 Å². The van der Waals surface area contributed by atoms with Gasteiger partial charge >= 0.3 is 0 Å². The van der Waals surface area contributed by atoms with E-state index in [2.05, 4.69) is 34.8 Å². The molecule has 1 aromatic carbocycles. The molecule has 1 unspecified atom stereocenters. The molecule has 4 rings (SSSR count). The summed E-state index contributed by atoms with van der Waals surface area (Å²) in [6.07, 6.45) is 3.59. The van der Waals surface area contributed by atoms with Crippen LogP contribution >= 0.6 is 11.6 Å². The number of likely N-dealkylation sites (N-methyl/N-ethyl adjacent to an activating group) is 1. The minimum absolute atomic E-state index is 0.549. The molecular weight excluding hydrogens is 320 g/mol. The quantitative estimate of drug-likeness (QED) is 0.913. The lowest BCUT2D eigenvalue weighted by atomic mass is 9.92. The first kappa shape index (κ1) is 16.0. The molecule has 5 heteroatoms. The maximum Gasteiger partial charge on any atom is 0.133 e. The molecule has 1 saturated heterocycles. The minimum atomic E-state index is 0.549. The number of nitrogens with one attached hydrogen (secondary N) is 1. The van der Waals surface area contributed by atoms with Gasteiger partial charge in [-0.15, -0.1) is 0 Å². The Balaban J connectivity index is 1.76.